The average molecular weight is 312 g/mol. The summed E-state index contributed by atoms with van der Waals surface area (Å²) in [5, 5.41) is 10.7. The Morgan fingerprint density at radius 2 is 2.04 bits per heavy atom. The van der Waals surface area contributed by atoms with E-state index in [1.54, 1.807) is 11.8 Å². The monoisotopic (exact) mass is 312 g/mol. The first-order chi connectivity index (χ1) is 11.0. The Morgan fingerprint density at radius 3 is 2.78 bits per heavy atom. The van der Waals surface area contributed by atoms with Crippen molar-refractivity contribution in [3.63, 3.8) is 0 Å². The van der Waals surface area contributed by atoms with Crippen molar-refractivity contribution in [2.75, 3.05) is 18.1 Å². The molecule has 1 unspecified atom stereocenters. The lowest BCUT2D eigenvalue weighted by Crippen LogP contribution is -2.41. The van der Waals surface area contributed by atoms with E-state index in [0.717, 1.165) is 11.3 Å². The second-order valence-corrected chi connectivity index (χ2v) is 5.99. The summed E-state index contributed by atoms with van der Waals surface area (Å²) in [6.45, 7) is 4.41. The Balaban J connectivity index is 1.82. The first-order valence-electron chi connectivity index (χ1n) is 7.66. The minimum Gasteiger partial charge on any atom is -0.474 e. The molecule has 1 N–H and O–H groups in total. The number of nitrogens with zero attached hydrogens (tertiary/aromatic N) is 2. The quantitative estimate of drug-likeness (QED) is 0.945. The summed E-state index contributed by atoms with van der Waals surface area (Å²) in [5.41, 5.74) is 1.02. The van der Waals surface area contributed by atoms with Crippen molar-refractivity contribution in [2.45, 2.75) is 25.9 Å². The minimum absolute atomic E-state index is 0.00430. The summed E-state index contributed by atoms with van der Waals surface area (Å²) in [7, 11) is 0. The SMILES string of the molecule is Cc1ccc2c(n1)OCCN2C(=O)CC(C)(O)c1ccccc1. The molecule has 120 valence electrons. The lowest BCUT2D eigenvalue weighted by Gasteiger charge is -2.32. The Labute approximate surface area is 135 Å². The Kier molecular flexibility index (Phi) is 4.05. The number of amides is 1. The van der Waals surface area contributed by atoms with E-state index in [9.17, 15) is 9.90 Å². The topological polar surface area (TPSA) is 62.7 Å². The van der Waals surface area contributed by atoms with Gasteiger partial charge in [0, 0.05) is 5.69 Å². The molecule has 1 aromatic heterocycles. The molecule has 0 radical (unpaired) electrons. The predicted molar refractivity (Wildman–Crippen MR) is 87.5 cm³/mol. The molecule has 2 heterocycles. The zero-order valence-electron chi connectivity index (χ0n) is 13.3. The fourth-order valence-corrected chi connectivity index (χ4v) is 2.74. The Hall–Kier alpha value is -2.40. The van der Waals surface area contributed by atoms with E-state index in [1.165, 1.54) is 0 Å². The van der Waals surface area contributed by atoms with Crippen LogP contribution in [0.25, 0.3) is 0 Å². The molecule has 0 fully saturated rings. The molecule has 2 aromatic rings. The van der Waals surface area contributed by atoms with Crippen LogP contribution in [0.2, 0.25) is 0 Å². The number of carbonyl (C=O) groups excluding carboxylic acids is 1. The molecule has 1 aliphatic heterocycles. The lowest BCUT2D eigenvalue weighted by molar-refractivity contribution is -0.123. The van der Waals surface area contributed by atoms with E-state index >= 15 is 0 Å². The number of anilines is 1. The number of ether oxygens (including phenoxy) is 1. The summed E-state index contributed by atoms with van der Waals surface area (Å²) < 4.78 is 5.53. The van der Waals surface area contributed by atoms with Gasteiger partial charge in [0.2, 0.25) is 11.8 Å². The van der Waals surface area contributed by atoms with Gasteiger partial charge in [-0.15, -0.1) is 0 Å². The maximum atomic E-state index is 12.7. The van der Waals surface area contributed by atoms with Gasteiger partial charge in [-0.05, 0) is 31.5 Å². The van der Waals surface area contributed by atoms with Crippen LogP contribution in [-0.4, -0.2) is 29.1 Å². The number of carbonyl (C=O) groups is 1. The van der Waals surface area contributed by atoms with Crippen molar-refractivity contribution in [2.24, 2.45) is 0 Å². The van der Waals surface area contributed by atoms with E-state index < -0.39 is 5.60 Å². The number of fused-ring (bicyclic) bond motifs is 1. The molecule has 1 aliphatic rings. The van der Waals surface area contributed by atoms with Gasteiger partial charge in [0.15, 0.2) is 0 Å². The van der Waals surface area contributed by atoms with Gasteiger partial charge >= 0.3 is 0 Å². The van der Waals surface area contributed by atoms with Gasteiger partial charge in [-0.1, -0.05) is 30.3 Å². The Bertz CT molecular complexity index is 713. The maximum absolute atomic E-state index is 12.7. The number of aromatic nitrogens is 1. The standard InChI is InChI=1S/C18H20N2O3/c1-13-8-9-15-17(19-13)23-11-10-20(15)16(21)12-18(2,22)14-6-4-3-5-7-14/h3-9,22H,10-12H2,1-2H3. The summed E-state index contributed by atoms with van der Waals surface area (Å²) in [6.07, 6.45) is 0.00430. The fraction of sp³-hybridized carbons (Fsp3) is 0.333. The molecule has 3 rings (SSSR count). The van der Waals surface area contributed by atoms with E-state index in [2.05, 4.69) is 4.98 Å². The zero-order valence-corrected chi connectivity index (χ0v) is 13.3. The van der Waals surface area contributed by atoms with Crippen LogP contribution in [0.4, 0.5) is 5.69 Å². The van der Waals surface area contributed by atoms with Gasteiger partial charge in [-0.25, -0.2) is 4.98 Å². The summed E-state index contributed by atoms with van der Waals surface area (Å²) in [4.78, 5) is 18.7. The predicted octanol–water partition coefficient (Wildman–Crippen LogP) is 2.41. The molecule has 0 spiro atoms. The van der Waals surface area contributed by atoms with Crippen molar-refractivity contribution < 1.29 is 14.6 Å². The van der Waals surface area contributed by atoms with Crippen LogP contribution in [0.5, 0.6) is 5.88 Å². The van der Waals surface area contributed by atoms with Crippen molar-refractivity contribution in [3.8, 4) is 5.88 Å². The number of pyridine rings is 1. The van der Waals surface area contributed by atoms with Gasteiger partial charge in [0.25, 0.3) is 0 Å². The number of hydrogen-bond acceptors (Lipinski definition) is 4. The second kappa shape index (κ2) is 6.01. The van der Waals surface area contributed by atoms with Crippen LogP contribution in [0.1, 0.15) is 24.6 Å². The molecule has 23 heavy (non-hydrogen) atoms. The van der Waals surface area contributed by atoms with Crippen molar-refractivity contribution >= 4 is 11.6 Å². The number of hydrogen-bond donors (Lipinski definition) is 1. The van der Waals surface area contributed by atoms with Crippen molar-refractivity contribution in [1.82, 2.24) is 4.98 Å². The van der Waals surface area contributed by atoms with Crippen LogP contribution >= 0.6 is 0 Å². The van der Waals surface area contributed by atoms with Gasteiger partial charge in [0.1, 0.15) is 12.3 Å². The molecule has 1 atom stereocenters. The highest BCUT2D eigenvalue weighted by Gasteiger charge is 2.32. The number of aliphatic hydroxyl groups is 1. The van der Waals surface area contributed by atoms with Gasteiger partial charge in [-0.2, -0.15) is 0 Å². The highest BCUT2D eigenvalue weighted by molar-refractivity contribution is 5.95. The average Bonchev–Trinajstić information content (AvgIpc) is 2.54. The lowest BCUT2D eigenvalue weighted by atomic mass is 9.92. The van der Waals surface area contributed by atoms with Gasteiger partial charge in [-0.3, -0.25) is 4.79 Å². The number of rotatable bonds is 3. The van der Waals surface area contributed by atoms with E-state index in [-0.39, 0.29) is 12.3 Å². The molecule has 0 saturated carbocycles. The molecule has 1 aromatic carbocycles. The summed E-state index contributed by atoms with van der Waals surface area (Å²) in [5.74, 6) is 0.331. The molecule has 1 amide bonds. The van der Waals surface area contributed by atoms with Crippen LogP contribution in [0.3, 0.4) is 0 Å². The molecule has 0 bridgehead atoms. The normalized spacial score (nSPS) is 16.2. The zero-order chi connectivity index (χ0) is 16.4. The van der Waals surface area contributed by atoms with E-state index in [1.807, 2.05) is 49.4 Å². The van der Waals surface area contributed by atoms with Crippen molar-refractivity contribution in [3.05, 3.63) is 53.7 Å². The highest BCUT2D eigenvalue weighted by atomic mass is 16.5. The van der Waals surface area contributed by atoms with E-state index in [0.29, 0.717) is 24.7 Å². The molecule has 0 aliphatic carbocycles. The van der Waals surface area contributed by atoms with E-state index in [4.69, 9.17) is 4.74 Å². The number of aryl methyl sites for hydroxylation is 1. The second-order valence-electron chi connectivity index (χ2n) is 5.99. The first-order valence-corrected chi connectivity index (χ1v) is 7.66. The minimum atomic E-state index is -1.21. The molecule has 0 saturated heterocycles. The third kappa shape index (κ3) is 3.19. The molecular weight excluding hydrogens is 292 g/mol. The maximum Gasteiger partial charge on any atom is 0.238 e. The highest BCUT2D eigenvalue weighted by Crippen LogP contribution is 2.32. The van der Waals surface area contributed by atoms with Crippen molar-refractivity contribution in [1.29, 1.82) is 0 Å². The summed E-state index contributed by atoms with van der Waals surface area (Å²) in [6, 6.07) is 12.9. The van der Waals surface area contributed by atoms with Crippen LogP contribution in [0.15, 0.2) is 42.5 Å². The van der Waals surface area contributed by atoms with Crippen LogP contribution in [0, 0.1) is 6.92 Å². The Morgan fingerprint density at radius 1 is 1.30 bits per heavy atom. The van der Waals surface area contributed by atoms with Gasteiger partial charge < -0.3 is 14.7 Å². The van der Waals surface area contributed by atoms with Crippen LogP contribution in [-0.2, 0) is 10.4 Å². The largest absolute Gasteiger partial charge is 0.474 e. The molecular formula is C18H20N2O3. The smallest absolute Gasteiger partial charge is 0.238 e. The molecule has 5 nitrogen and oxygen atoms in total. The first kappa shape index (κ1) is 15.5. The fourth-order valence-electron chi connectivity index (χ4n) is 2.74. The number of benzene rings is 1. The third-order valence-corrected chi connectivity index (χ3v) is 4.02. The third-order valence-electron chi connectivity index (χ3n) is 4.02. The van der Waals surface area contributed by atoms with Crippen LogP contribution < -0.4 is 9.64 Å². The molecule has 5 heteroatoms. The van der Waals surface area contributed by atoms with Gasteiger partial charge in [0.05, 0.1) is 18.6 Å². The summed E-state index contributed by atoms with van der Waals surface area (Å²) >= 11 is 0.